The highest BCUT2D eigenvalue weighted by Crippen LogP contribution is 2.20. The molecule has 0 aliphatic heterocycles. The number of esters is 2. The molecule has 5 nitrogen and oxygen atoms in total. The van der Waals surface area contributed by atoms with Crippen LogP contribution in [0.5, 0.6) is 0 Å². The van der Waals surface area contributed by atoms with Gasteiger partial charge in [0.25, 0.3) is 0 Å². The molecule has 0 spiro atoms. The van der Waals surface area contributed by atoms with Crippen molar-refractivity contribution in [2.45, 2.75) is 130 Å². The molecule has 0 aromatic heterocycles. The van der Waals surface area contributed by atoms with Crippen LogP contribution in [0.3, 0.4) is 0 Å². The lowest BCUT2D eigenvalue weighted by molar-refractivity contribution is -0.147. The van der Waals surface area contributed by atoms with Crippen LogP contribution in [-0.4, -0.2) is 30.9 Å². The highest BCUT2D eigenvalue weighted by atomic mass is 16.5. The molecule has 1 atom stereocenters. The van der Waals surface area contributed by atoms with E-state index in [9.17, 15) is 14.4 Å². The fourth-order valence-corrected chi connectivity index (χ4v) is 3.66. The molecule has 0 aliphatic rings. The summed E-state index contributed by atoms with van der Waals surface area (Å²) in [5.74, 6) is -0.931. The average Bonchev–Trinajstić information content (AvgIpc) is 2.77. The van der Waals surface area contributed by atoms with Crippen LogP contribution < -0.4 is 0 Å². The maximum Gasteiger partial charge on any atom is 0.306 e. The van der Waals surface area contributed by atoms with Gasteiger partial charge in [0.2, 0.25) is 0 Å². The first-order chi connectivity index (χ1) is 15.4. The van der Waals surface area contributed by atoms with E-state index in [0.717, 1.165) is 32.1 Å². The molecule has 0 bridgehead atoms. The van der Waals surface area contributed by atoms with E-state index in [1.165, 1.54) is 51.4 Å². The lowest BCUT2D eigenvalue weighted by Crippen LogP contribution is -2.22. The molecule has 0 N–H and O–H groups in total. The van der Waals surface area contributed by atoms with Gasteiger partial charge in [0.05, 0.1) is 13.2 Å². The molecule has 0 heterocycles. The number of ketones is 1. The van der Waals surface area contributed by atoms with Crippen molar-refractivity contribution in [1.82, 2.24) is 0 Å². The van der Waals surface area contributed by atoms with Crippen molar-refractivity contribution in [3.63, 3.8) is 0 Å². The summed E-state index contributed by atoms with van der Waals surface area (Å²) in [6.07, 6.45) is 14.8. The SMILES string of the molecule is CCCCCCCCOC(=O)CC(CC(=O)OCCCCCCCC)CC(=O)C(C)CC. The lowest BCUT2D eigenvalue weighted by atomic mass is 9.90. The van der Waals surface area contributed by atoms with Gasteiger partial charge in [-0.15, -0.1) is 0 Å². The Balaban J connectivity index is 4.35. The Morgan fingerprint density at radius 3 is 1.41 bits per heavy atom. The van der Waals surface area contributed by atoms with Crippen LogP contribution in [0.1, 0.15) is 130 Å². The highest BCUT2D eigenvalue weighted by Gasteiger charge is 2.24. The van der Waals surface area contributed by atoms with Crippen molar-refractivity contribution < 1.29 is 23.9 Å². The van der Waals surface area contributed by atoms with Crippen molar-refractivity contribution in [3.05, 3.63) is 0 Å². The van der Waals surface area contributed by atoms with Gasteiger partial charge in [-0.25, -0.2) is 0 Å². The monoisotopic (exact) mass is 454 g/mol. The molecule has 188 valence electrons. The third-order valence-corrected chi connectivity index (χ3v) is 6.08. The molecule has 5 heteroatoms. The minimum absolute atomic E-state index is 0.0595. The summed E-state index contributed by atoms with van der Waals surface area (Å²) in [4.78, 5) is 37.0. The van der Waals surface area contributed by atoms with Gasteiger partial charge in [-0.1, -0.05) is 91.9 Å². The van der Waals surface area contributed by atoms with E-state index in [0.29, 0.717) is 13.2 Å². The van der Waals surface area contributed by atoms with Gasteiger partial charge in [0.1, 0.15) is 5.78 Å². The second-order valence-electron chi connectivity index (χ2n) is 9.23. The standard InChI is InChI=1S/C27H50O5/c1-5-8-10-12-14-16-18-31-26(29)21-24(20-25(28)23(4)7-3)22-27(30)32-19-17-15-13-11-9-6-2/h23-24H,5-22H2,1-4H3. The van der Waals surface area contributed by atoms with E-state index in [2.05, 4.69) is 13.8 Å². The zero-order chi connectivity index (χ0) is 24.0. The largest absolute Gasteiger partial charge is 0.466 e. The summed E-state index contributed by atoms with van der Waals surface area (Å²) in [7, 11) is 0. The van der Waals surface area contributed by atoms with E-state index < -0.39 is 0 Å². The number of hydrogen-bond donors (Lipinski definition) is 0. The number of unbranched alkanes of at least 4 members (excludes halogenated alkanes) is 10. The zero-order valence-electron chi connectivity index (χ0n) is 21.4. The Kier molecular flexibility index (Phi) is 20.5. The predicted octanol–water partition coefficient (Wildman–Crippen LogP) is 7.20. The van der Waals surface area contributed by atoms with E-state index in [1.807, 2.05) is 13.8 Å². The third kappa shape index (κ3) is 18.2. The van der Waals surface area contributed by atoms with Gasteiger partial charge in [-0.3, -0.25) is 14.4 Å². The number of carbonyl (C=O) groups is 3. The minimum atomic E-state index is -0.342. The maximum atomic E-state index is 12.4. The van der Waals surface area contributed by atoms with Crippen LogP contribution in [0.2, 0.25) is 0 Å². The number of ether oxygens (including phenoxy) is 2. The van der Waals surface area contributed by atoms with Gasteiger partial charge in [0, 0.05) is 25.2 Å². The van der Waals surface area contributed by atoms with Gasteiger partial charge < -0.3 is 9.47 Å². The lowest BCUT2D eigenvalue weighted by Gasteiger charge is -2.17. The van der Waals surface area contributed by atoms with Crippen molar-refractivity contribution in [2.24, 2.45) is 11.8 Å². The number of Topliss-reactive ketones (excluding diaryl/α,β-unsaturated/α-hetero) is 1. The summed E-state index contributed by atoms with van der Waals surface area (Å²) >= 11 is 0. The molecule has 0 fully saturated rings. The summed E-state index contributed by atoms with van der Waals surface area (Å²) < 4.78 is 10.7. The molecule has 0 amide bonds. The van der Waals surface area contributed by atoms with E-state index >= 15 is 0 Å². The van der Waals surface area contributed by atoms with E-state index in [1.54, 1.807) is 0 Å². The summed E-state index contributed by atoms with van der Waals surface area (Å²) in [5.41, 5.74) is 0. The van der Waals surface area contributed by atoms with Crippen molar-refractivity contribution in [1.29, 1.82) is 0 Å². The molecule has 0 aromatic rings. The third-order valence-electron chi connectivity index (χ3n) is 6.08. The highest BCUT2D eigenvalue weighted by molar-refractivity contribution is 5.82. The quantitative estimate of drug-likeness (QED) is 0.128. The Morgan fingerprint density at radius 2 is 1.00 bits per heavy atom. The fourth-order valence-electron chi connectivity index (χ4n) is 3.66. The zero-order valence-corrected chi connectivity index (χ0v) is 21.4. The molecule has 0 radical (unpaired) electrons. The van der Waals surface area contributed by atoms with Crippen LogP contribution in [0.4, 0.5) is 0 Å². The normalized spacial score (nSPS) is 12.0. The first kappa shape index (κ1) is 30.6. The smallest absolute Gasteiger partial charge is 0.306 e. The van der Waals surface area contributed by atoms with E-state index in [4.69, 9.17) is 9.47 Å². The molecule has 0 saturated carbocycles. The minimum Gasteiger partial charge on any atom is -0.466 e. The fraction of sp³-hybridized carbons (Fsp3) is 0.889. The molecular formula is C27H50O5. The first-order valence-electron chi connectivity index (χ1n) is 13.3. The average molecular weight is 455 g/mol. The van der Waals surface area contributed by atoms with Crippen LogP contribution >= 0.6 is 0 Å². The Labute approximate surface area is 197 Å². The number of carbonyl (C=O) groups excluding carboxylic acids is 3. The summed E-state index contributed by atoms with van der Waals surface area (Å²) in [6.45, 7) is 9.08. The topological polar surface area (TPSA) is 69.7 Å². The predicted molar refractivity (Wildman–Crippen MR) is 130 cm³/mol. The second kappa shape index (κ2) is 21.5. The van der Waals surface area contributed by atoms with Gasteiger partial charge >= 0.3 is 11.9 Å². The molecule has 0 saturated heterocycles. The maximum absolute atomic E-state index is 12.4. The molecule has 32 heavy (non-hydrogen) atoms. The Bertz CT molecular complexity index is 456. The molecule has 0 rings (SSSR count). The summed E-state index contributed by atoms with van der Waals surface area (Å²) in [6, 6.07) is 0. The van der Waals surface area contributed by atoms with Crippen LogP contribution in [-0.2, 0) is 23.9 Å². The van der Waals surface area contributed by atoms with Crippen molar-refractivity contribution in [3.8, 4) is 0 Å². The van der Waals surface area contributed by atoms with Crippen molar-refractivity contribution >= 4 is 17.7 Å². The summed E-state index contributed by atoms with van der Waals surface area (Å²) in [5, 5.41) is 0. The Morgan fingerprint density at radius 1 is 0.594 bits per heavy atom. The number of rotatable bonds is 22. The van der Waals surface area contributed by atoms with Gasteiger partial charge in [-0.05, 0) is 25.2 Å². The Hall–Kier alpha value is -1.39. The van der Waals surface area contributed by atoms with Gasteiger partial charge in [-0.2, -0.15) is 0 Å². The van der Waals surface area contributed by atoms with Gasteiger partial charge in [0.15, 0.2) is 0 Å². The molecule has 1 unspecified atom stereocenters. The van der Waals surface area contributed by atoms with Crippen molar-refractivity contribution in [2.75, 3.05) is 13.2 Å². The molecule has 0 aliphatic carbocycles. The second-order valence-corrected chi connectivity index (χ2v) is 9.23. The number of hydrogen-bond acceptors (Lipinski definition) is 5. The first-order valence-corrected chi connectivity index (χ1v) is 13.3. The molecule has 0 aromatic carbocycles. The van der Waals surface area contributed by atoms with Crippen LogP contribution in [0.25, 0.3) is 0 Å². The molecular weight excluding hydrogens is 404 g/mol. The van der Waals surface area contributed by atoms with Crippen LogP contribution in [0, 0.1) is 11.8 Å². The van der Waals surface area contributed by atoms with E-state index in [-0.39, 0.29) is 48.8 Å². The van der Waals surface area contributed by atoms with Crippen LogP contribution in [0.15, 0.2) is 0 Å².